The number of hydrogen-bond donors (Lipinski definition) is 2. The molecule has 2 heterocycles. The van der Waals surface area contributed by atoms with E-state index in [1.165, 1.54) is 0 Å². The maximum absolute atomic E-state index is 13.4. The number of para-hydroxylation sites is 1. The van der Waals surface area contributed by atoms with Crippen LogP contribution in [0.25, 0.3) is 33.2 Å². The summed E-state index contributed by atoms with van der Waals surface area (Å²) in [4.78, 5) is 27.0. The Hall–Kier alpha value is -3.08. The fraction of sp³-hybridized carbons (Fsp3) is 0.261. The van der Waals surface area contributed by atoms with Crippen LogP contribution in [0.4, 0.5) is 13.2 Å². The van der Waals surface area contributed by atoms with E-state index in [1.807, 2.05) is 30.5 Å². The molecule has 4 rings (SSSR count). The number of halogens is 5. The van der Waals surface area contributed by atoms with E-state index >= 15 is 0 Å². The van der Waals surface area contributed by atoms with Crippen LogP contribution < -0.4 is 11.3 Å². The van der Waals surface area contributed by atoms with Crippen LogP contribution in [0.5, 0.6) is 0 Å². The lowest BCUT2D eigenvalue weighted by molar-refractivity contribution is -0.192. The van der Waals surface area contributed by atoms with E-state index in [1.54, 1.807) is 16.7 Å². The Balaban J connectivity index is 0.000000429. The van der Waals surface area contributed by atoms with Crippen molar-refractivity contribution in [2.75, 3.05) is 6.54 Å². The summed E-state index contributed by atoms with van der Waals surface area (Å²) < 4.78 is 35.6. The molecule has 0 unspecified atom stereocenters. The van der Waals surface area contributed by atoms with Gasteiger partial charge in [-0.2, -0.15) is 13.2 Å². The van der Waals surface area contributed by atoms with Crippen molar-refractivity contribution in [2.24, 2.45) is 5.73 Å². The molecule has 0 fully saturated rings. The summed E-state index contributed by atoms with van der Waals surface area (Å²) in [5.41, 5.74) is 9.13. The maximum atomic E-state index is 13.4. The molecule has 0 aliphatic rings. The van der Waals surface area contributed by atoms with Crippen molar-refractivity contribution in [3.8, 4) is 11.3 Å². The summed E-state index contributed by atoms with van der Waals surface area (Å²) in [5, 5.41) is 8.93. The maximum Gasteiger partial charge on any atom is 0.490 e. The van der Waals surface area contributed by atoms with E-state index in [0.717, 1.165) is 23.0 Å². The summed E-state index contributed by atoms with van der Waals surface area (Å²) in [6.07, 6.45) is -2.42. The van der Waals surface area contributed by atoms with Crippen LogP contribution in [0.1, 0.15) is 13.3 Å². The Morgan fingerprint density at radius 2 is 1.77 bits per heavy atom. The first-order chi connectivity index (χ1) is 16.5. The molecule has 4 aromatic rings. The second-order valence-corrected chi connectivity index (χ2v) is 8.28. The average molecular weight is 529 g/mol. The number of alkyl halides is 3. The predicted molar refractivity (Wildman–Crippen MR) is 130 cm³/mol. The summed E-state index contributed by atoms with van der Waals surface area (Å²) in [6, 6.07) is 11.4. The first kappa shape index (κ1) is 26.5. The molecule has 12 heteroatoms. The Morgan fingerprint density at radius 1 is 1.14 bits per heavy atom. The van der Waals surface area contributed by atoms with Crippen molar-refractivity contribution in [1.29, 1.82) is 0 Å². The Labute approximate surface area is 207 Å². The number of nitrogens with zero attached hydrogens (tertiary/aromatic N) is 3. The summed E-state index contributed by atoms with van der Waals surface area (Å²) in [7, 11) is 0. The number of rotatable bonds is 5. The van der Waals surface area contributed by atoms with Gasteiger partial charge in [-0.05, 0) is 38.1 Å². The molecular weight excluding hydrogens is 508 g/mol. The number of fused-ring (bicyclic) bond motifs is 2. The molecule has 35 heavy (non-hydrogen) atoms. The van der Waals surface area contributed by atoms with Gasteiger partial charge in [0.05, 0.1) is 21.1 Å². The number of hydrogen-bond acceptors (Lipinski definition) is 4. The highest BCUT2D eigenvalue weighted by Crippen LogP contribution is 2.31. The van der Waals surface area contributed by atoms with Gasteiger partial charge in [0.15, 0.2) is 0 Å². The Bertz CT molecular complexity index is 1450. The fourth-order valence-electron chi connectivity index (χ4n) is 3.58. The molecule has 0 amide bonds. The molecule has 0 aliphatic carbocycles. The second kappa shape index (κ2) is 10.7. The largest absolute Gasteiger partial charge is 0.490 e. The zero-order chi connectivity index (χ0) is 25.9. The zero-order valence-corrected chi connectivity index (χ0v) is 20.0. The average Bonchev–Trinajstić information content (AvgIpc) is 3.18. The van der Waals surface area contributed by atoms with Gasteiger partial charge in [-0.3, -0.25) is 4.79 Å². The number of carboxylic acid groups (broad SMARTS) is 1. The minimum absolute atomic E-state index is 0.154. The van der Waals surface area contributed by atoms with Crippen molar-refractivity contribution < 1.29 is 23.1 Å². The number of nitrogens with two attached hydrogens (primary N) is 1. The number of carboxylic acids is 1. The van der Waals surface area contributed by atoms with Crippen molar-refractivity contribution in [3.63, 3.8) is 0 Å². The number of benzene rings is 2. The van der Waals surface area contributed by atoms with Crippen molar-refractivity contribution in [1.82, 2.24) is 14.1 Å². The van der Waals surface area contributed by atoms with E-state index in [4.69, 9.17) is 43.8 Å². The fourth-order valence-corrected chi connectivity index (χ4v) is 3.90. The van der Waals surface area contributed by atoms with Crippen LogP contribution in [0, 0.1) is 0 Å². The number of aliphatic carboxylic acids is 1. The Morgan fingerprint density at radius 3 is 2.37 bits per heavy atom. The highest BCUT2D eigenvalue weighted by molar-refractivity contribution is 6.42. The van der Waals surface area contributed by atoms with Crippen molar-refractivity contribution in [3.05, 3.63) is 63.0 Å². The topological polar surface area (TPSA) is 103 Å². The molecule has 0 spiro atoms. The van der Waals surface area contributed by atoms with Crippen molar-refractivity contribution >= 4 is 51.1 Å². The van der Waals surface area contributed by atoms with Gasteiger partial charge in [0.2, 0.25) is 0 Å². The van der Waals surface area contributed by atoms with E-state index in [2.05, 4.69) is 11.5 Å². The van der Waals surface area contributed by atoms with Crippen LogP contribution >= 0.6 is 23.2 Å². The van der Waals surface area contributed by atoms with Gasteiger partial charge in [0, 0.05) is 35.8 Å². The third kappa shape index (κ3) is 5.61. The lowest BCUT2D eigenvalue weighted by atomic mass is 10.1. The summed E-state index contributed by atoms with van der Waals surface area (Å²) >= 11 is 12.4. The monoisotopic (exact) mass is 528 g/mol. The predicted octanol–water partition coefficient (Wildman–Crippen LogP) is 5.33. The van der Waals surface area contributed by atoms with Crippen LogP contribution in [-0.2, 0) is 17.9 Å². The molecule has 0 saturated heterocycles. The van der Waals surface area contributed by atoms with Gasteiger partial charge in [-0.15, -0.1) is 0 Å². The van der Waals surface area contributed by atoms with Gasteiger partial charge in [0.25, 0.3) is 5.56 Å². The molecule has 186 valence electrons. The third-order valence-electron chi connectivity index (χ3n) is 5.20. The van der Waals surface area contributed by atoms with Gasteiger partial charge < -0.3 is 20.0 Å². The molecule has 2 aromatic carbocycles. The molecule has 7 nitrogen and oxygen atoms in total. The molecule has 0 radical (unpaired) electrons. The number of aromatic nitrogens is 3. The highest BCUT2D eigenvalue weighted by atomic mass is 35.5. The van der Waals surface area contributed by atoms with E-state index in [0.29, 0.717) is 46.3 Å². The normalized spacial score (nSPS) is 11.5. The number of aryl methyl sites for hydroxylation is 2. The van der Waals surface area contributed by atoms with Gasteiger partial charge >= 0.3 is 12.1 Å². The van der Waals surface area contributed by atoms with Gasteiger partial charge in [-0.1, -0.05) is 41.4 Å². The first-order valence-electron chi connectivity index (χ1n) is 10.5. The summed E-state index contributed by atoms with van der Waals surface area (Å²) in [5.74, 6) is -2.76. The first-order valence-corrected chi connectivity index (χ1v) is 11.2. The molecule has 0 atom stereocenters. The quantitative estimate of drug-likeness (QED) is 0.364. The van der Waals surface area contributed by atoms with Crippen LogP contribution in [0.3, 0.4) is 0 Å². The standard InChI is InChI=1S/C21H20Cl2N4O.C2HF3O2/c1-2-26-12-14(13-6-3-4-7-18(13)26)20-21(28)27(9-5-8-24)19-11-16(23)15(22)10-17(19)25-20;3-2(4,5)1(6)7/h3-4,6-7,10-12H,2,5,8-9,24H2,1H3;(H,6,7). The lowest BCUT2D eigenvalue weighted by Gasteiger charge is -2.13. The molecular formula is C23H21Cl2F3N4O3. The Kier molecular flexibility index (Phi) is 8.09. The zero-order valence-electron chi connectivity index (χ0n) is 18.4. The third-order valence-corrected chi connectivity index (χ3v) is 5.92. The van der Waals surface area contributed by atoms with Crippen LogP contribution in [-0.4, -0.2) is 37.9 Å². The molecule has 0 saturated carbocycles. The number of carbonyl (C=O) groups is 1. The van der Waals surface area contributed by atoms with E-state index in [-0.39, 0.29) is 5.56 Å². The molecule has 2 aromatic heterocycles. The van der Waals surface area contributed by atoms with Crippen molar-refractivity contribution in [2.45, 2.75) is 32.6 Å². The second-order valence-electron chi connectivity index (χ2n) is 7.46. The van der Waals surface area contributed by atoms with E-state index in [9.17, 15) is 18.0 Å². The smallest absolute Gasteiger partial charge is 0.475 e. The molecule has 0 bridgehead atoms. The van der Waals surface area contributed by atoms with Gasteiger partial charge in [0.1, 0.15) is 5.69 Å². The van der Waals surface area contributed by atoms with Crippen LogP contribution in [0.2, 0.25) is 10.0 Å². The minimum Gasteiger partial charge on any atom is -0.475 e. The highest BCUT2D eigenvalue weighted by Gasteiger charge is 2.38. The molecule has 3 N–H and O–H groups in total. The molecule has 0 aliphatic heterocycles. The SMILES string of the molecule is CCn1cc(-c2nc3cc(Cl)c(Cl)cc3n(CCCN)c2=O)c2ccccc21.O=C(O)C(F)(F)F. The van der Waals surface area contributed by atoms with E-state index < -0.39 is 12.1 Å². The lowest BCUT2D eigenvalue weighted by Crippen LogP contribution is -2.25. The minimum atomic E-state index is -5.08. The summed E-state index contributed by atoms with van der Waals surface area (Å²) in [6.45, 7) is 3.86. The van der Waals surface area contributed by atoms with Crippen LogP contribution in [0.15, 0.2) is 47.4 Å². The van der Waals surface area contributed by atoms with Gasteiger partial charge in [-0.25, -0.2) is 9.78 Å².